The molecule has 2 aromatic rings. The van der Waals surface area contributed by atoms with Crippen molar-refractivity contribution < 1.29 is 28.8 Å². The number of rotatable bonds is 14. The molecule has 2 aromatic carbocycles. The van der Waals surface area contributed by atoms with E-state index >= 15 is 0 Å². The molecule has 0 unspecified atom stereocenters. The molecule has 35 heavy (non-hydrogen) atoms. The summed E-state index contributed by atoms with van der Waals surface area (Å²) in [6.45, 7) is 6.64. The first-order valence-corrected chi connectivity index (χ1v) is 11.9. The summed E-state index contributed by atoms with van der Waals surface area (Å²) in [7, 11) is 1.61. The number of ether oxygens (including phenoxy) is 4. The lowest BCUT2D eigenvalue weighted by atomic mass is 9.97. The molecule has 2 N–H and O–H groups in total. The molecule has 192 valence electrons. The van der Waals surface area contributed by atoms with Crippen LogP contribution in [0, 0.1) is 5.92 Å². The van der Waals surface area contributed by atoms with Crippen molar-refractivity contribution >= 4 is 6.09 Å². The van der Waals surface area contributed by atoms with Crippen molar-refractivity contribution in [2.45, 2.75) is 51.8 Å². The largest absolute Gasteiger partial charge is 0.444 e. The van der Waals surface area contributed by atoms with E-state index in [1.165, 1.54) is 0 Å². The fourth-order valence-electron chi connectivity index (χ4n) is 3.50. The summed E-state index contributed by atoms with van der Waals surface area (Å²) in [5, 5.41) is 12.3. The average Bonchev–Trinajstić information content (AvgIpc) is 2.83. The quantitative estimate of drug-likeness (QED) is 0.384. The van der Waals surface area contributed by atoms with Crippen LogP contribution >= 0.6 is 0 Å². The highest BCUT2D eigenvalue weighted by molar-refractivity contribution is 5.67. The second kappa shape index (κ2) is 15.3. The van der Waals surface area contributed by atoms with E-state index in [0.29, 0.717) is 19.8 Å². The van der Waals surface area contributed by atoms with Crippen molar-refractivity contribution in [2.75, 3.05) is 26.9 Å². The Hall–Kier alpha value is -2.71. The lowest BCUT2D eigenvalue weighted by Gasteiger charge is -2.32. The lowest BCUT2D eigenvalue weighted by Crippen LogP contribution is -2.45. The van der Waals surface area contributed by atoms with Crippen LogP contribution in [0.25, 0.3) is 0 Å². The van der Waals surface area contributed by atoms with Crippen molar-refractivity contribution in [2.24, 2.45) is 5.92 Å². The fraction of sp³-hybridized carbons (Fsp3) is 0.464. The number of carbonyl (C=O) groups is 1. The van der Waals surface area contributed by atoms with Gasteiger partial charge in [-0.2, -0.15) is 0 Å². The van der Waals surface area contributed by atoms with Crippen molar-refractivity contribution in [3.8, 4) is 0 Å². The van der Waals surface area contributed by atoms with Crippen LogP contribution in [0.2, 0.25) is 0 Å². The summed E-state index contributed by atoms with van der Waals surface area (Å²) in [4.78, 5) is 12.3. The highest BCUT2D eigenvalue weighted by Gasteiger charge is 2.31. The molecule has 2 rings (SSSR count). The van der Waals surface area contributed by atoms with Crippen LogP contribution in [0.15, 0.2) is 72.8 Å². The van der Waals surface area contributed by atoms with Crippen LogP contribution in [0.1, 0.15) is 31.9 Å². The third-order valence-corrected chi connectivity index (χ3v) is 5.08. The molecule has 3 atom stereocenters. The van der Waals surface area contributed by atoms with Gasteiger partial charge in [-0.15, -0.1) is 0 Å². The number of hydrogen-bond donors (Lipinski definition) is 2. The third-order valence-electron chi connectivity index (χ3n) is 5.08. The second-order valence-corrected chi connectivity index (χ2v) is 9.23. The van der Waals surface area contributed by atoms with Gasteiger partial charge >= 0.3 is 6.09 Å². The van der Waals surface area contributed by atoms with Crippen LogP contribution < -0.4 is 5.32 Å². The molecule has 7 heteroatoms. The molecular formula is C28H39NO6. The SMILES string of the molecule is COC[C@H](CNC(=O)OC(C)(C)C)[C@@H](OCc1ccccc1)[C@@H](/C=C/CO)OCc1ccccc1. The highest BCUT2D eigenvalue weighted by Crippen LogP contribution is 2.21. The van der Waals surface area contributed by atoms with Gasteiger partial charge < -0.3 is 29.4 Å². The predicted molar refractivity (Wildman–Crippen MR) is 136 cm³/mol. The normalized spacial score (nSPS) is 14.4. The minimum absolute atomic E-state index is 0.123. The van der Waals surface area contributed by atoms with Gasteiger partial charge in [0, 0.05) is 19.6 Å². The van der Waals surface area contributed by atoms with E-state index in [0.717, 1.165) is 11.1 Å². The molecule has 7 nitrogen and oxygen atoms in total. The molecule has 0 fully saturated rings. The number of carbonyl (C=O) groups excluding carboxylic acids is 1. The molecule has 0 bridgehead atoms. The van der Waals surface area contributed by atoms with Crippen LogP contribution in [0.5, 0.6) is 0 Å². The summed E-state index contributed by atoms with van der Waals surface area (Å²) < 4.78 is 23.5. The summed E-state index contributed by atoms with van der Waals surface area (Å²) >= 11 is 0. The Bertz CT molecular complexity index is 866. The Morgan fingerprint density at radius 3 is 2.06 bits per heavy atom. The standard InChI is InChI=1S/C28H39NO6/c1-28(2,3)35-27(31)29-18-24(21-32-4)26(34-20-23-14-9-6-10-15-23)25(16-11-17-30)33-19-22-12-7-5-8-13-22/h5-16,24-26,30H,17-21H2,1-4H3,(H,29,31)/b16-11+/t24-,25+,26+/m0/s1. The van der Waals surface area contributed by atoms with Crippen molar-refractivity contribution in [3.05, 3.63) is 83.9 Å². The fourth-order valence-corrected chi connectivity index (χ4v) is 3.50. The number of nitrogens with one attached hydrogen (secondary N) is 1. The molecule has 1 amide bonds. The maximum Gasteiger partial charge on any atom is 0.407 e. The first-order valence-electron chi connectivity index (χ1n) is 11.9. The highest BCUT2D eigenvalue weighted by atomic mass is 16.6. The predicted octanol–water partition coefficient (Wildman–Crippen LogP) is 4.49. The molecule has 0 saturated carbocycles. The van der Waals surface area contributed by atoms with Gasteiger partial charge in [-0.1, -0.05) is 72.8 Å². The van der Waals surface area contributed by atoms with Crippen LogP contribution in [0.3, 0.4) is 0 Å². The van der Waals surface area contributed by atoms with E-state index in [2.05, 4.69) is 5.32 Å². The Morgan fingerprint density at radius 1 is 0.971 bits per heavy atom. The molecule has 0 aliphatic carbocycles. The van der Waals surface area contributed by atoms with Gasteiger partial charge in [-0.25, -0.2) is 4.79 Å². The molecule has 0 aromatic heterocycles. The van der Waals surface area contributed by atoms with Gasteiger partial charge in [0.1, 0.15) is 11.7 Å². The minimum atomic E-state index is -0.602. The van der Waals surface area contributed by atoms with Gasteiger partial charge in [-0.3, -0.25) is 0 Å². The van der Waals surface area contributed by atoms with Crippen molar-refractivity contribution in [3.63, 3.8) is 0 Å². The Morgan fingerprint density at radius 2 is 1.54 bits per heavy atom. The number of alkyl carbamates (subject to hydrolysis) is 1. The van der Waals surface area contributed by atoms with Crippen LogP contribution in [-0.4, -0.2) is 55.9 Å². The van der Waals surface area contributed by atoms with Crippen molar-refractivity contribution in [1.29, 1.82) is 0 Å². The van der Waals surface area contributed by atoms with Gasteiger partial charge in [-0.05, 0) is 31.9 Å². The maximum atomic E-state index is 12.3. The number of hydrogen-bond acceptors (Lipinski definition) is 6. The monoisotopic (exact) mass is 485 g/mol. The van der Waals surface area contributed by atoms with E-state index in [4.69, 9.17) is 18.9 Å². The van der Waals surface area contributed by atoms with E-state index in [-0.39, 0.29) is 19.1 Å². The topological polar surface area (TPSA) is 86.3 Å². The van der Waals surface area contributed by atoms with Crippen LogP contribution in [-0.2, 0) is 32.2 Å². The summed E-state index contributed by atoms with van der Waals surface area (Å²) in [6, 6.07) is 19.7. The summed E-state index contributed by atoms with van der Waals surface area (Å²) in [5.74, 6) is -0.250. The zero-order valence-electron chi connectivity index (χ0n) is 21.2. The number of aliphatic hydroxyl groups excluding tert-OH is 1. The molecule has 0 spiro atoms. The van der Waals surface area contributed by atoms with Gasteiger partial charge in [0.2, 0.25) is 0 Å². The average molecular weight is 486 g/mol. The van der Waals surface area contributed by atoms with Gasteiger partial charge in [0.05, 0.1) is 32.5 Å². The number of amides is 1. The Labute approximate surface area is 209 Å². The lowest BCUT2D eigenvalue weighted by molar-refractivity contribution is -0.101. The van der Waals surface area contributed by atoms with E-state index in [9.17, 15) is 9.90 Å². The van der Waals surface area contributed by atoms with Gasteiger partial charge in [0.25, 0.3) is 0 Å². The number of benzene rings is 2. The number of methoxy groups -OCH3 is 1. The van der Waals surface area contributed by atoms with E-state index in [1.54, 1.807) is 19.3 Å². The minimum Gasteiger partial charge on any atom is -0.444 e. The zero-order chi connectivity index (χ0) is 25.5. The van der Waals surface area contributed by atoms with E-state index in [1.807, 2.05) is 81.4 Å². The number of aliphatic hydroxyl groups is 1. The van der Waals surface area contributed by atoms with Gasteiger partial charge in [0.15, 0.2) is 0 Å². The Balaban J connectivity index is 2.23. The zero-order valence-corrected chi connectivity index (χ0v) is 21.2. The Kier molecular flexibility index (Phi) is 12.5. The third kappa shape index (κ3) is 11.5. The molecular weight excluding hydrogens is 446 g/mol. The summed E-state index contributed by atoms with van der Waals surface area (Å²) in [6.07, 6.45) is 1.96. The van der Waals surface area contributed by atoms with E-state index < -0.39 is 23.9 Å². The van der Waals surface area contributed by atoms with Crippen molar-refractivity contribution in [1.82, 2.24) is 5.32 Å². The molecule has 0 radical (unpaired) electrons. The smallest absolute Gasteiger partial charge is 0.407 e. The van der Waals surface area contributed by atoms with Crippen LogP contribution in [0.4, 0.5) is 4.79 Å². The molecule has 0 saturated heterocycles. The first kappa shape index (κ1) is 28.5. The molecule has 0 aliphatic heterocycles. The second-order valence-electron chi connectivity index (χ2n) is 9.23. The molecule has 0 heterocycles. The first-order chi connectivity index (χ1) is 16.8. The molecule has 0 aliphatic rings. The summed E-state index contributed by atoms with van der Waals surface area (Å²) in [5.41, 5.74) is 1.43. The maximum absolute atomic E-state index is 12.3.